The first-order valence-corrected chi connectivity index (χ1v) is 7.61. The van der Waals surface area contributed by atoms with E-state index >= 15 is 0 Å². The van der Waals surface area contributed by atoms with E-state index in [1.165, 1.54) is 0 Å². The van der Waals surface area contributed by atoms with E-state index in [0.717, 1.165) is 0 Å². The van der Waals surface area contributed by atoms with Crippen LogP contribution in [0.25, 0.3) is 0 Å². The Bertz CT molecular complexity index is 550. The first-order chi connectivity index (χ1) is 11.0. The highest BCUT2D eigenvalue weighted by atomic mass is 19.4. The summed E-state index contributed by atoms with van der Waals surface area (Å²) < 4.78 is 44.1. The molecule has 0 aliphatic heterocycles. The van der Waals surface area contributed by atoms with Crippen molar-refractivity contribution in [3.05, 3.63) is 35.9 Å². The average molecular weight is 345 g/mol. The van der Waals surface area contributed by atoms with Crippen molar-refractivity contribution in [2.75, 3.05) is 6.54 Å². The summed E-state index contributed by atoms with van der Waals surface area (Å²) in [5.74, 6) is -2.17. The molecule has 0 heterocycles. The van der Waals surface area contributed by atoms with Gasteiger partial charge in [0, 0.05) is 18.5 Å². The lowest BCUT2D eigenvalue weighted by Crippen LogP contribution is -2.39. The highest BCUT2D eigenvalue weighted by molar-refractivity contribution is 5.95. The minimum atomic E-state index is -4.51. The van der Waals surface area contributed by atoms with Crippen LogP contribution in [0.1, 0.15) is 44.0 Å². The SMILES string of the molecule is CC(C)(C)OC(=O)NCC(CCC(=O)c1ccccc1)C(F)(F)F. The number of carbonyl (C=O) groups excluding carboxylic acids is 2. The maximum Gasteiger partial charge on any atom is 0.407 e. The second-order valence-corrected chi connectivity index (χ2v) is 6.45. The molecular weight excluding hydrogens is 323 g/mol. The van der Waals surface area contributed by atoms with E-state index in [1.54, 1.807) is 51.1 Å². The number of amides is 1. The molecule has 0 bridgehead atoms. The van der Waals surface area contributed by atoms with Gasteiger partial charge in [0.15, 0.2) is 5.78 Å². The standard InChI is InChI=1S/C17H22F3NO3/c1-16(2,3)24-15(23)21-11-13(17(18,19)20)9-10-14(22)12-7-5-4-6-8-12/h4-8,13H,9-11H2,1-3H3,(H,21,23). The van der Waals surface area contributed by atoms with Crippen molar-refractivity contribution >= 4 is 11.9 Å². The maximum atomic E-state index is 13.1. The predicted octanol–water partition coefficient (Wildman–Crippen LogP) is 4.35. The molecule has 0 saturated heterocycles. The van der Waals surface area contributed by atoms with Crippen LogP contribution in [0.2, 0.25) is 0 Å². The van der Waals surface area contributed by atoms with Crippen LogP contribution in [0, 0.1) is 5.92 Å². The molecule has 134 valence electrons. The molecule has 1 N–H and O–H groups in total. The summed E-state index contributed by atoms with van der Waals surface area (Å²) in [5, 5.41) is 2.12. The molecule has 1 amide bonds. The number of nitrogens with one attached hydrogen (secondary N) is 1. The van der Waals surface area contributed by atoms with Gasteiger partial charge in [0.2, 0.25) is 0 Å². The number of ketones is 1. The molecule has 24 heavy (non-hydrogen) atoms. The Morgan fingerprint density at radius 2 is 1.71 bits per heavy atom. The Labute approximate surface area is 139 Å². The van der Waals surface area contributed by atoms with Crippen molar-refractivity contribution in [2.24, 2.45) is 5.92 Å². The Kier molecular flexibility index (Phi) is 6.81. The number of benzene rings is 1. The first kappa shape index (κ1) is 20.0. The van der Waals surface area contributed by atoms with Gasteiger partial charge in [-0.1, -0.05) is 30.3 Å². The lowest BCUT2D eigenvalue weighted by atomic mass is 9.98. The van der Waals surface area contributed by atoms with Gasteiger partial charge in [0.25, 0.3) is 0 Å². The maximum absolute atomic E-state index is 13.1. The average Bonchev–Trinajstić information content (AvgIpc) is 2.44. The zero-order chi connectivity index (χ0) is 18.4. The van der Waals surface area contributed by atoms with Gasteiger partial charge in [-0.25, -0.2) is 4.79 Å². The van der Waals surface area contributed by atoms with Crippen LogP contribution < -0.4 is 5.32 Å². The van der Waals surface area contributed by atoms with Crippen LogP contribution in [0.15, 0.2) is 30.3 Å². The summed E-state index contributed by atoms with van der Waals surface area (Å²) in [5.41, 5.74) is -0.417. The monoisotopic (exact) mass is 345 g/mol. The van der Waals surface area contributed by atoms with Crippen molar-refractivity contribution in [3.63, 3.8) is 0 Å². The Hall–Kier alpha value is -2.05. The predicted molar refractivity (Wildman–Crippen MR) is 83.8 cm³/mol. The molecule has 1 atom stereocenters. The number of hydrogen-bond acceptors (Lipinski definition) is 3. The summed E-state index contributed by atoms with van der Waals surface area (Å²) in [6.07, 6.45) is -6.06. The third-order valence-corrected chi connectivity index (χ3v) is 3.17. The van der Waals surface area contributed by atoms with Crippen LogP contribution in [-0.2, 0) is 4.74 Å². The van der Waals surface area contributed by atoms with Gasteiger partial charge in [0.05, 0.1) is 5.92 Å². The van der Waals surface area contributed by atoms with E-state index in [2.05, 4.69) is 5.32 Å². The Morgan fingerprint density at radius 3 is 2.21 bits per heavy atom. The Balaban J connectivity index is 2.57. The quantitative estimate of drug-likeness (QED) is 0.780. The number of carbonyl (C=O) groups is 2. The van der Waals surface area contributed by atoms with Gasteiger partial charge in [-0.2, -0.15) is 13.2 Å². The molecule has 0 aliphatic rings. The number of alkyl carbamates (subject to hydrolysis) is 1. The van der Waals surface area contributed by atoms with Crippen LogP contribution in [0.4, 0.5) is 18.0 Å². The van der Waals surface area contributed by atoms with Gasteiger partial charge in [-0.05, 0) is 27.2 Å². The lowest BCUT2D eigenvalue weighted by Gasteiger charge is -2.23. The molecule has 7 heteroatoms. The summed E-state index contributed by atoms with van der Waals surface area (Å²) in [7, 11) is 0. The highest BCUT2D eigenvalue weighted by Crippen LogP contribution is 2.30. The van der Waals surface area contributed by atoms with E-state index in [1.807, 2.05) is 0 Å². The molecule has 0 radical (unpaired) electrons. The lowest BCUT2D eigenvalue weighted by molar-refractivity contribution is -0.174. The van der Waals surface area contributed by atoms with E-state index in [-0.39, 0.29) is 12.2 Å². The zero-order valence-corrected chi connectivity index (χ0v) is 13.9. The largest absolute Gasteiger partial charge is 0.444 e. The highest BCUT2D eigenvalue weighted by Gasteiger charge is 2.39. The summed E-state index contributed by atoms with van der Waals surface area (Å²) in [4.78, 5) is 23.4. The fourth-order valence-electron chi connectivity index (χ4n) is 1.98. The number of halogens is 3. The zero-order valence-electron chi connectivity index (χ0n) is 13.9. The van der Waals surface area contributed by atoms with Crippen molar-refractivity contribution in [3.8, 4) is 0 Å². The van der Waals surface area contributed by atoms with Crippen LogP contribution >= 0.6 is 0 Å². The van der Waals surface area contributed by atoms with Crippen molar-refractivity contribution in [2.45, 2.75) is 45.4 Å². The molecule has 0 fully saturated rings. The Morgan fingerprint density at radius 1 is 1.12 bits per heavy atom. The molecule has 0 spiro atoms. The van der Waals surface area contributed by atoms with Gasteiger partial charge in [-0.3, -0.25) is 4.79 Å². The number of Topliss-reactive ketones (excluding diaryl/α,β-unsaturated/α-hetero) is 1. The molecular formula is C17H22F3NO3. The van der Waals surface area contributed by atoms with E-state index in [9.17, 15) is 22.8 Å². The second kappa shape index (κ2) is 8.17. The number of hydrogen-bond donors (Lipinski definition) is 1. The fourth-order valence-corrected chi connectivity index (χ4v) is 1.98. The molecule has 1 rings (SSSR count). The topological polar surface area (TPSA) is 55.4 Å². The molecule has 1 aromatic carbocycles. The number of ether oxygens (including phenoxy) is 1. The number of alkyl halides is 3. The van der Waals surface area contributed by atoms with Gasteiger partial charge in [0.1, 0.15) is 5.60 Å². The summed E-state index contributed by atoms with van der Waals surface area (Å²) >= 11 is 0. The second-order valence-electron chi connectivity index (χ2n) is 6.45. The van der Waals surface area contributed by atoms with E-state index < -0.39 is 36.8 Å². The number of rotatable bonds is 6. The van der Waals surface area contributed by atoms with Crippen LogP contribution in [-0.4, -0.2) is 30.2 Å². The normalized spacial score (nSPS) is 13.2. The molecule has 0 aromatic heterocycles. The molecule has 4 nitrogen and oxygen atoms in total. The minimum absolute atomic E-state index is 0.246. The van der Waals surface area contributed by atoms with Crippen LogP contribution in [0.5, 0.6) is 0 Å². The minimum Gasteiger partial charge on any atom is -0.444 e. The first-order valence-electron chi connectivity index (χ1n) is 7.61. The van der Waals surface area contributed by atoms with Gasteiger partial charge >= 0.3 is 12.3 Å². The molecule has 0 saturated carbocycles. The van der Waals surface area contributed by atoms with Crippen molar-refractivity contribution < 1.29 is 27.5 Å². The summed E-state index contributed by atoms with van der Waals surface area (Å²) in [6.45, 7) is 4.23. The molecule has 1 aromatic rings. The third-order valence-electron chi connectivity index (χ3n) is 3.17. The van der Waals surface area contributed by atoms with Crippen LogP contribution in [0.3, 0.4) is 0 Å². The van der Waals surface area contributed by atoms with E-state index in [0.29, 0.717) is 5.56 Å². The van der Waals surface area contributed by atoms with Crippen molar-refractivity contribution in [1.29, 1.82) is 0 Å². The summed E-state index contributed by atoms with van der Waals surface area (Å²) in [6, 6.07) is 8.14. The smallest absolute Gasteiger partial charge is 0.407 e. The van der Waals surface area contributed by atoms with Crippen molar-refractivity contribution in [1.82, 2.24) is 5.32 Å². The van der Waals surface area contributed by atoms with Gasteiger partial charge in [-0.15, -0.1) is 0 Å². The van der Waals surface area contributed by atoms with E-state index in [4.69, 9.17) is 4.74 Å². The molecule has 0 aliphatic carbocycles. The molecule has 1 unspecified atom stereocenters. The van der Waals surface area contributed by atoms with Gasteiger partial charge < -0.3 is 10.1 Å². The fraction of sp³-hybridized carbons (Fsp3) is 0.529. The third kappa shape index (κ3) is 7.48.